The standard InChI is InChI=1S/C15H24N2O3/c1-11(17-8-6-16-7-9-17)15(18)13-10-12(19-2)4-5-14(13)20-3/h4-5,10-11,15-16,18H,6-9H2,1-3H3. The van der Waals surface area contributed by atoms with Crippen LogP contribution in [0.1, 0.15) is 18.6 Å². The van der Waals surface area contributed by atoms with Gasteiger partial charge in [0.25, 0.3) is 0 Å². The van der Waals surface area contributed by atoms with E-state index in [0.29, 0.717) is 5.75 Å². The summed E-state index contributed by atoms with van der Waals surface area (Å²) in [5, 5.41) is 14.0. The molecule has 2 rings (SSSR count). The summed E-state index contributed by atoms with van der Waals surface area (Å²) in [6.07, 6.45) is -0.599. The summed E-state index contributed by atoms with van der Waals surface area (Å²) in [7, 11) is 3.24. The van der Waals surface area contributed by atoms with Gasteiger partial charge in [0.15, 0.2) is 0 Å². The minimum atomic E-state index is -0.599. The average molecular weight is 280 g/mol. The highest BCUT2D eigenvalue weighted by Crippen LogP contribution is 2.32. The van der Waals surface area contributed by atoms with Crippen molar-refractivity contribution >= 4 is 0 Å². The topological polar surface area (TPSA) is 54.0 Å². The first-order valence-electron chi connectivity index (χ1n) is 7.02. The second-order valence-electron chi connectivity index (χ2n) is 5.08. The second kappa shape index (κ2) is 6.92. The van der Waals surface area contributed by atoms with Crippen molar-refractivity contribution in [3.63, 3.8) is 0 Å². The summed E-state index contributed by atoms with van der Waals surface area (Å²) < 4.78 is 10.6. The Morgan fingerprint density at radius 3 is 2.50 bits per heavy atom. The Kier molecular flexibility index (Phi) is 5.23. The normalized spacial score (nSPS) is 19.4. The van der Waals surface area contributed by atoms with Crippen LogP contribution < -0.4 is 14.8 Å². The van der Waals surface area contributed by atoms with E-state index in [4.69, 9.17) is 9.47 Å². The summed E-state index contributed by atoms with van der Waals surface area (Å²) >= 11 is 0. The Morgan fingerprint density at radius 2 is 1.90 bits per heavy atom. The van der Waals surface area contributed by atoms with Gasteiger partial charge in [-0.2, -0.15) is 0 Å². The second-order valence-corrected chi connectivity index (χ2v) is 5.08. The van der Waals surface area contributed by atoms with E-state index in [9.17, 15) is 5.11 Å². The summed E-state index contributed by atoms with van der Waals surface area (Å²) in [6, 6.07) is 5.56. The van der Waals surface area contributed by atoms with Crippen LogP contribution in [-0.4, -0.2) is 56.4 Å². The van der Waals surface area contributed by atoms with E-state index in [1.54, 1.807) is 14.2 Å². The summed E-state index contributed by atoms with van der Waals surface area (Å²) in [5.74, 6) is 1.42. The zero-order valence-corrected chi connectivity index (χ0v) is 12.4. The molecule has 0 spiro atoms. The number of nitrogens with zero attached hydrogens (tertiary/aromatic N) is 1. The number of rotatable bonds is 5. The van der Waals surface area contributed by atoms with Crippen molar-refractivity contribution in [1.82, 2.24) is 10.2 Å². The molecule has 0 aliphatic carbocycles. The van der Waals surface area contributed by atoms with Crippen LogP contribution in [0.3, 0.4) is 0 Å². The Hall–Kier alpha value is -1.30. The number of benzene rings is 1. The van der Waals surface area contributed by atoms with E-state index in [0.717, 1.165) is 37.5 Å². The van der Waals surface area contributed by atoms with Gasteiger partial charge in [-0.05, 0) is 25.1 Å². The molecule has 0 bridgehead atoms. The van der Waals surface area contributed by atoms with Crippen LogP contribution in [-0.2, 0) is 0 Å². The lowest BCUT2D eigenvalue weighted by Gasteiger charge is -2.35. The molecule has 5 nitrogen and oxygen atoms in total. The summed E-state index contributed by atoms with van der Waals surface area (Å²) in [5.41, 5.74) is 0.776. The number of hydrogen-bond acceptors (Lipinski definition) is 5. The van der Waals surface area contributed by atoms with Gasteiger partial charge in [-0.25, -0.2) is 0 Å². The fourth-order valence-corrected chi connectivity index (χ4v) is 2.62. The molecule has 1 aromatic carbocycles. The molecule has 2 unspecified atom stereocenters. The van der Waals surface area contributed by atoms with Crippen LogP contribution in [0.5, 0.6) is 11.5 Å². The Morgan fingerprint density at radius 1 is 1.20 bits per heavy atom. The van der Waals surface area contributed by atoms with Gasteiger partial charge in [0.1, 0.15) is 11.5 Å². The minimum absolute atomic E-state index is 0.0399. The van der Waals surface area contributed by atoms with Gasteiger partial charge in [0.05, 0.1) is 20.3 Å². The maximum Gasteiger partial charge on any atom is 0.124 e. The quantitative estimate of drug-likeness (QED) is 0.844. The highest BCUT2D eigenvalue weighted by molar-refractivity contribution is 5.42. The van der Waals surface area contributed by atoms with E-state index >= 15 is 0 Å². The Labute approximate surface area is 120 Å². The van der Waals surface area contributed by atoms with Crippen LogP contribution in [0.25, 0.3) is 0 Å². The van der Waals surface area contributed by atoms with E-state index in [1.165, 1.54) is 0 Å². The predicted molar refractivity (Wildman–Crippen MR) is 78.4 cm³/mol. The zero-order valence-electron chi connectivity index (χ0n) is 12.4. The highest BCUT2D eigenvalue weighted by Gasteiger charge is 2.26. The van der Waals surface area contributed by atoms with Crippen molar-refractivity contribution in [3.8, 4) is 11.5 Å². The molecule has 20 heavy (non-hydrogen) atoms. The Bertz CT molecular complexity index is 433. The third-order valence-corrected chi connectivity index (χ3v) is 3.94. The molecular weight excluding hydrogens is 256 g/mol. The highest BCUT2D eigenvalue weighted by atomic mass is 16.5. The SMILES string of the molecule is COc1ccc(OC)c(C(O)C(C)N2CCNCC2)c1. The van der Waals surface area contributed by atoms with Gasteiger partial charge >= 0.3 is 0 Å². The number of aliphatic hydroxyl groups excluding tert-OH is 1. The van der Waals surface area contributed by atoms with Crippen molar-refractivity contribution in [3.05, 3.63) is 23.8 Å². The van der Waals surface area contributed by atoms with Crippen LogP contribution in [0.2, 0.25) is 0 Å². The lowest BCUT2D eigenvalue weighted by molar-refractivity contribution is 0.0493. The van der Waals surface area contributed by atoms with Gasteiger partial charge in [0, 0.05) is 37.8 Å². The molecule has 1 aromatic rings. The van der Waals surface area contributed by atoms with Crippen molar-refractivity contribution in [2.24, 2.45) is 0 Å². The smallest absolute Gasteiger partial charge is 0.124 e. The first-order valence-corrected chi connectivity index (χ1v) is 7.02. The third kappa shape index (κ3) is 3.23. The molecule has 1 aliphatic heterocycles. The molecule has 1 fully saturated rings. The van der Waals surface area contributed by atoms with Gasteiger partial charge in [-0.15, -0.1) is 0 Å². The van der Waals surface area contributed by atoms with Crippen LogP contribution in [0.15, 0.2) is 18.2 Å². The number of nitrogens with one attached hydrogen (secondary N) is 1. The number of piperazine rings is 1. The molecule has 2 atom stereocenters. The number of ether oxygens (including phenoxy) is 2. The fraction of sp³-hybridized carbons (Fsp3) is 0.600. The van der Waals surface area contributed by atoms with Gasteiger partial charge in [-0.1, -0.05) is 0 Å². The fourth-order valence-electron chi connectivity index (χ4n) is 2.62. The lowest BCUT2D eigenvalue weighted by atomic mass is 10.0. The van der Waals surface area contributed by atoms with Crippen molar-refractivity contribution in [2.75, 3.05) is 40.4 Å². The molecular formula is C15H24N2O3. The molecule has 0 saturated carbocycles. The van der Waals surface area contributed by atoms with E-state index in [2.05, 4.69) is 17.1 Å². The molecule has 1 heterocycles. The number of methoxy groups -OCH3 is 2. The average Bonchev–Trinajstić information content (AvgIpc) is 2.53. The third-order valence-electron chi connectivity index (χ3n) is 3.94. The molecule has 5 heteroatoms. The summed E-state index contributed by atoms with van der Waals surface area (Å²) in [4.78, 5) is 2.29. The van der Waals surface area contributed by atoms with E-state index in [1.807, 2.05) is 18.2 Å². The van der Waals surface area contributed by atoms with Crippen LogP contribution in [0, 0.1) is 0 Å². The van der Waals surface area contributed by atoms with Crippen LogP contribution >= 0.6 is 0 Å². The van der Waals surface area contributed by atoms with Gasteiger partial charge < -0.3 is 19.9 Å². The van der Waals surface area contributed by atoms with Gasteiger partial charge in [0.2, 0.25) is 0 Å². The first kappa shape index (κ1) is 15.1. The number of aliphatic hydroxyl groups is 1. The molecule has 0 aromatic heterocycles. The molecule has 1 aliphatic rings. The zero-order chi connectivity index (χ0) is 14.5. The molecule has 1 saturated heterocycles. The predicted octanol–water partition coefficient (Wildman–Crippen LogP) is 1.03. The Balaban J connectivity index is 2.19. The lowest BCUT2D eigenvalue weighted by Crippen LogP contribution is -2.49. The molecule has 0 amide bonds. The minimum Gasteiger partial charge on any atom is -0.497 e. The van der Waals surface area contributed by atoms with E-state index < -0.39 is 6.10 Å². The van der Waals surface area contributed by atoms with Gasteiger partial charge in [-0.3, -0.25) is 4.90 Å². The van der Waals surface area contributed by atoms with Crippen LogP contribution in [0.4, 0.5) is 0 Å². The van der Waals surface area contributed by atoms with Crippen molar-refractivity contribution in [1.29, 1.82) is 0 Å². The van der Waals surface area contributed by atoms with Crippen molar-refractivity contribution < 1.29 is 14.6 Å². The van der Waals surface area contributed by atoms with Crippen molar-refractivity contribution in [2.45, 2.75) is 19.1 Å². The van der Waals surface area contributed by atoms with E-state index in [-0.39, 0.29) is 6.04 Å². The molecule has 0 radical (unpaired) electrons. The molecule has 112 valence electrons. The molecule has 2 N–H and O–H groups in total. The first-order chi connectivity index (χ1) is 9.67. The monoisotopic (exact) mass is 280 g/mol. The maximum atomic E-state index is 10.7. The number of hydrogen-bond donors (Lipinski definition) is 2. The maximum absolute atomic E-state index is 10.7. The summed E-state index contributed by atoms with van der Waals surface area (Å²) in [6.45, 7) is 5.88. The largest absolute Gasteiger partial charge is 0.497 e.